The summed E-state index contributed by atoms with van der Waals surface area (Å²) in [4.78, 5) is 12.1. The molecule has 0 aliphatic carbocycles. The van der Waals surface area contributed by atoms with E-state index in [0.717, 1.165) is 11.1 Å². The van der Waals surface area contributed by atoms with Crippen LogP contribution in [0.4, 0.5) is 16.2 Å². The molecule has 0 bridgehead atoms. The average molecular weight is 382 g/mol. The standard InChI is InChI=1S/C23H18N4O2/c24-15-13-17-1-5-19(6-2-17)26-23(28)27-20-7-11-22(12-8-20)29-21-9-3-18(4-10-21)14-16-25/h1-12H,13-14H2,(H2,26,27,28). The van der Waals surface area contributed by atoms with E-state index in [1.54, 1.807) is 48.5 Å². The maximum atomic E-state index is 12.1. The van der Waals surface area contributed by atoms with Crippen LogP contribution in [0.1, 0.15) is 11.1 Å². The molecular formula is C23H18N4O2. The number of amides is 2. The smallest absolute Gasteiger partial charge is 0.323 e. The molecule has 6 heteroatoms. The molecule has 29 heavy (non-hydrogen) atoms. The van der Waals surface area contributed by atoms with Gasteiger partial charge in [-0.15, -0.1) is 0 Å². The Hall–Kier alpha value is -4.29. The molecule has 0 heterocycles. The molecule has 142 valence electrons. The molecule has 0 saturated heterocycles. The topological polar surface area (TPSA) is 97.9 Å². The van der Waals surface area contributed by atoms with Crippen molar-refractivity contribution < 1.29 is 9.53 Å². The number of nitriles is 2. The van der Waals surface area contributed by atoms with Gasteiger partial charge in [-0.1, -0.05) is 24.3 Å². The molecule has 0 spiro atoms. The Labute approximate surface area is 169 Å². The molecule has 0 radical (unpaired) electrons. The maximum absolute atomic E-state index is 12.1. The van der Waals surface area contributed by atoms with Gasteiger partial charge in [0.1, 0.15) is 11.5 Å². The first-order chi connectivity index (χ1) is 14.2. The van der Waals surface area contributed by atoms with Gasteiger partial charge in [-0.2, -0.15) is 10.5 Å². The highest BCUT2D eigenvalue weighted by Crippen LogP contribution is 2.23. The van der Waals surface area contributed by atoms with Crippen LogP contribution in [0.25, 0.3) is 0 Å². The minimum absolute atomic E-state index is 0.338. The minimum Gasteiger partial charge on any atom is -0.457 e. The molecule has 2 N–H and O–H groups in total. The van der Waals surface area contributed by atoms with Crippen LogP contribution in [0.2, 0.25) is 0 Å². The summed E-state index contributed by atoms with van der Waals surface area (Å²) in [7, 11) is 0. The average Bonchev–Trinajstić information content (AvgIpc) is 2.73. The summed E-state index contributed by atoms with van der Waals surface area (Å²) >= 11 is 0. The number of rotatable bonds is 6. The second kappa shape index (κ2) is 9.59. The fourth-order valence-electron chi connectivity index (χ4n) is 2.60. The number of ether oxygens (including phenoxy) is 1. The summed E-state index contributed by atoms with van der Waals surface area (Å²) < 4.78 is 5.76. The van der Waals surface area contributed by atoms with E-state index in [0.29, 0.717) is 35.7 Å². The Kier molecular flexibility index (Phi) is 6.44. The van der Waals surface area contributed by atoms with E-state index in [1.165, 1.54) is 0 Å². The quantitative estimate of drug-likeness (QED) is 0.608. The number of hydrogen-bond donors (Lipinski definition) is 2. The lowest BCUT2D eigenvalue weighted by molar-refractivity contribution is 0.262. The van der Waals surface area contributed by atoms with Crippen LogP contribution in [-0.2, 0) is 12.8 Å². The maximum Gasteiger partial charge on any atom is 0.323 e. The van der Waals surface area contributed by atoms with E-state index in [2.05, 4.69) is 22.8 Å². The van der Waals surface area contributed by atoms with Gasteiger partial charge in [0, 0.05) is 11.4 Å². The predicted molar refractivity (Wildman–Crippen MR) is 111 cm³/mol. The van der Waals surface area contributed by atoms with Crippen molar-refractivity contribution in [2.24, 2.45) is 0 Å². The van der Waals surface area contributed by atoms with Crippen molar-refractivity contribution in [2.75, 3.05) is 10.6 Å². The normalized spacial score (nSPS) is 9.72. The first-order valence-electron chi connectivity index (χ1n) is 8.94. The summed E-state index contributed by atoms with van der Waals surface area (Å²) in [5.74, 6) is 1.31. The molecule has 0 saturated carbocycles. The van der Waals surface area contributed by atoms with Gasteiger partial charge in [0.05, 0.1) is 25.0 Å². The number of nitrogens with one attached hydrogen (secondary N) is 2. The molecule has 0 aromatic heterocycles. The Balaban J connectivity index is 1.53. The molecule has 0 fully saturated rings. The van der Waals surface area contributed by atoms with Gasteiger partial charge in [-0.25, -0.2) is 4.79 Å². The van der Waals surface area contributed by atoms with Crippen molar-refractivity contribution in [3.8, 4) is 23.6 Å². The van der Waals surface area contributed by atoms with Crippen LogP contribution in [-0.4, -0.2) is 6.03 Å². The van der Waals surface area contributed by atoms with Crippen LogP contribution in [0, 0.1) is 22.7 Å². The highest BCUT2D eigenvalue weighted by molar-refractivity contribution is 5.99. The fraction of sp³-hybridized carbons (Fsp3) is 0.0870. The molecule has 0 unspecified atom stereocenters. The zero-order valence-electron chi connectivity index (χ0n) is 15.6. The molecule has 0 aliphatic rings. The van der Waals surface area contributed by atoms with Gasteiger partial charge in [0.25, 0.3) is 0 Å². The van der Waals surface area contributed by atoms with Crippen molar-refractivity contribution in [1.29, 1.82) is 10.5 Å². The van der Waals surface area contributed by atoms with Crippen LogP contribution in [0.5, 0.6) is 11.5 Å². The molecule has 3 aromatic carbocycles. The van der Waals surface area contributed by atoms with Gasteiger partial charge in [0.2, 0.25) is 0 Å². The highest BCUT2D eigenvalue weighted by Gasteiger charge is 2.04. The van der Waals surface area contributed by atoms with Gasteiger partial charge in [-0.05, 0) is 59.7 Å². The first kappa shape index (κ1) is 19.5. The van der Waals surface area contributed by atoms with E-state index in [4.69, 9.17) is 15.3 Å². The zero-order chi connectivity index (χ0) is 20.5. The lowest BCUT2D eigenvalue weighted by Crippen LogP contribution is -2.19. The van der Waals surface area contributed by atoms with Crippen molar-refractivity contribution in [1.82, 2.24) is 0 Å². The summed E-state index contributed by atoms with van der Waals surface area (Å²) in [6.45, 7) is 0. The van der Waals surface area contributed by atoms with Crippen LogP contribution in [0.15, 0.2) is 72.8 Å². The number of nitrogens with zero attached hydrogens (tertiary/aromatic N) is 2. The summed E-state index contributed by atoms with van der Waals surface area (Å²) in [6, 6.07) is 25.3. The van der Waals surface area contributed by atoms with Gasteiger partial charge >= 0.3 is 6.03 Å². The number of hydrogen-bond acceptors (Lipinski definition) is 4. The van der Waals surface area contributed by atoms with Gasteiger partial charge in [0.15, 0.2) is 0 Å². The highest BCUT2D eigenvalue weighted by atomic mass is 16.5. The molecule has 3 aromatic rings. The summed E-state index contributed by atoms with van der Waals surface area (Å²) in [6.07, 6.45) is 0.706. The Morgan fingerprint density at radius 2 is 1.07 bits per heavy atom. The summed E-state index contributed by atoms with van der Waals surface area (Å²) in [5.41, 5.74) is 3.10. The second-order valence-corrected chi connectivity index (χ2v) is 6.22. The van der Waals surface area contributed by atoms with E-state index >= 15 is 0 Å². The molecule has 0 aliphatic heterocycles. The lowest BCUT2D eigenvalue weighted by atomic mass is 10.1. The van der Waals surface area contributed by atoms with E-state index in [9.17, 15) is 4.79 Å². The van der Waals surface area contributed by atoms with Crippen LogP contribution in [0.3, 0.4) is 0 Å². The molecule has 3 rings (SSSR count). The first-order valence-corrected chi connectivity index (χ1v) is 8.94. The number of carbonyl (C=O) groups is 1. The van der Waals surface area contributed by atoms with Crippen LogP contribution >= 0.6 is 0 Å². The van der Waals surface area contributed by atoms with Crippen molar-refractivity contribution in [3.63, 3.8) is 0 Å². The minimum atomic E-state index is -0.361. The Morgan fingerprint density at radius 1 is 0.690 bits per heavy atom. The van der Waals surface area contributed by atoms with Crippen molar-refractivity contribution >= 4 is 17.4 Å². The molecule has 0 atom stereocenters. The van der Waals surface area contributed by atoms with E-state index in [-0.39, 0.29) is 6.03 Å². The Morgan fingerprint density at radius 3 is 1.52 bits per heavy atom. The number of urea groups is 1. The number of carbonyl (C=O) groups excluding carboxylic acids is 1. The molecular weight excluding hydrogens is 364 g/mol. The van der Waals surface area contributed by atoms with Gasteiger partial charge in [-0.3, -0.25) is 0 Å². The van der Waals surface area contributed by atoms with Gasteiger partial charge < -0.3 is 15.4 Å². The van der Waals surface area contributed by atoms with Crippen molar-refractivity contribution in [2.45, 2.75) is 12.8 Å². The van der Waals surface area contributed by atoms with E-state index in [1.807, 2.05) is 24.3 Å². The largest absolute Gasteiger partial charge is 0.457 e. The predicted octanol–water partition coefficient (Wildman–Crippen LogP) is 5.26. The van der Waals surface area contributed by atoms with Crippen LogP contribution < -0.4 is 15.4 Å². The second-order valence-electron chi connectivity index (χ2n) is 6.22. The third kappa shape index (κ3) is 5.85. The Bertz CT molecular complexity index is 1040. The SMILES string of the molecule is N#CCc1ccc(NC(=O)Nc2ccc(Oc3ccc(CC#N)cc3)cc2)cc1. The number of benzene rings is 3. The third-order valence-corrected chi connectivity index (χ3v) is 4.05. The monoisotopic (exact) mass is 382 g/mol. The fourth-order valence-corrected chi connectivity index (χ4v) is 2.60. The zero-order valence-corrected chi connectivity index (χ0v) is 15.6. The number of anilines is 2. The molecule has 6 nitrogen and oxygen atoms in total. The lowest BCUT2D eigenvalue weighted by Gasteiger charge is -2.10. The van der Waals surface area contributed by atoms with E-state index < -0.39 is 0 Å². The molecule has 2 amide bonds. The van der Waals surface area contributed by atoms with Crippen molar-refractivity contribution in [3.05, 3.63) is 83.9 Å². The third-order valence-electron chi connectivity index (χ3n) is 4.05. The summed E-state index contributed by atoms with van der Waals surface area (Å²) in [5, 5.41) is 22.9.